The molecule has 0 spiro atoms. The van der Waals surface area contributed by atoms with Gasteiger partial charge in [-0.25, -0.2) is 4.79 Å². The number of aliphatic carboxylic acids is 1. The molecule has 0 saturated carbocycles. The number of benzene rings is 1. The molecule has 1 aliphatic heterocycles. The Morgan fingerprint density at radius 3 is 2.74 bits per heavy atom. The fourth-order valence-electron chi connectivity index (χ4n) is 1.64. The third-order valence-electron chi connectivity index (χ3n) is 2.93. The van der Waals surface area contributed by atoms with Gasteiger partial charge in [0.15, 0.2) is 11.5 Å². The van der Waals surface area contributed by atoms with E-state index in [4.69, 9.17) is 14.6 Å². The van der Waals surface area contributed by atoms with E-state index in [1.807, 2.05) is 0 Å². The summed E-state index contributed by atoms with van der Waals surface area (Å²) in [4.78, 5) is 24.2. The van der Waals surface area contributed by atoms with Crippen LogP contribution in [0.25, 0.3) is 0 Å². The lowest BCUT2D eigenvalue weighted by Crippen LogP contribution is -2.40. The van der Waals surface area contributed by atoms with Gasteiger partial charge < -0.3 is 19.5 Å². The predicted molar refractivity (Wildman–Crippen MR) is 69.5 cm³/mol. The topological polar surface area (TPSA) is 76.1 Å². The molecule has 1 N–H and O–H groups in total. The second-order valence-corrected chi connectivity index (χ2v) is 4.98. The van der Waals surface area contributed by atoms with E-state index in [-0.39, 0.29) is 6.79 Å². The van der Waals surface area contributed by atoms with Crippen molar-refractivity contribution >= 4 is 27.8 Å². The number of nitrogens with zero attached hydrogens (tertiary/aromatic N) is 1. The molecule has 0 unspecified atom stereocenters. The molecular weight excluding hydrogens is 318 g/mol. The molecule has 1 amide bonds. The number of ether oxygens (including phenoxy) is 2. The minimum atomic E-state index is -1.06. The molecule has 0 aliphatic carbocycles. The molecule has 19 heavy (non-hydrogen) atoms. The number of amides is 1. The quantitative estimate of drug-likeness (QED) is 0.913. The van der Waals surface area contributed by atoms with Gasteiger partial charge in [-0.1, -0.05) is 0 Å². The van der Waals surface area contributed by atoms with Gasteiger partial charge >= 0.3 is 5.97 Å². The maximum atomic E-state index is 12.2. The Kier molecular flexibility index (Phi) is 3.66. The van der Waals surface area contributed by atoms with Crippen molar-refractivity contribution in [1.29, 1.82) is 0 Å². The summed E-state index contributed by atoms with van der Waals surface area (Å²) >= 11 is 3.29. The van der Waals surface area contributed by atoms with Gasteiger partial charge in [-0.3, -0.25) is 4.79 Å². The SMILES string of the molecule is C[C@H](C(=O)O)N(C)C(=O)c1cc(Br)c2c(c1)OCO2. The van der Waals surface area contributed by atoms with Gasteiger partial charge in [0, 0.05) is 12.6 Å². The van der Waals surface area contributed by atoms with Crippen molar-refractivity contribution < 1.29 is 24.2 Å². The third kappa shape index (κ3) is 2.51. The lowest BCUT2D eigenvalue weighted by molar-refractivity contribution is -0.141. The van der Waals surface area contributed by atoms with Crippen molar-refractivity contribution in [1.82, 2.24) is 4.90 Å². The van der Waals surface area contributed by atoms with E-state index < -0.39 is 17.9 Å². The first kappa shape index (κ1) is 13.7. The minimum Gasteiger partial charge on any atom is -0.480 e. The highest BCUT2D eigenvalue weighted by Crippen LogP contribution is 2.40. The van der Waals surface area contributed by atoms with Crippen LogP contribution in [0.2, 0.25) is 0 Å². The summed E-state index contributed by atoms with van der Waals surface area (Å²) in [6.07, 6.45) is 0. The number of rotatable bonds is 3. The van der Waals surface area contributed by atoms with Crippen LogP contribution in [-0.2, 0) is 4.79 Å². The van der Waals surface area contributed by atoms with Gasteiger partial charge in [-0.15, -0.1) is 0 Å². The van der Waals surface area contributed by atoms with E-state index in [9.17, 15) is 9.59 Å². The van der Waals surface area contributed by atoms with Gasteiger partial charge in [0.1, 0.15) is 6.04 Å². The molecule has 1 heterocycles. The smallest absolute Gasteiger partial charge is 0.326 e. The van der Waals surface area contributed by atoms with Crippen LogP contribution < -0.4 is 9.47 Å². The van der Waals surface area contributed by atoms with Gasteiger partial charge in [-0.05, 0) is 35.0 Å². The zero-order valence-electron chi connectivity index (χ0n) is 10.3. The molecule has 1 aliphatic rings. The standard InChI is InChI=1S/C12H12BrNO5/c1-6(12(16)17)14(2)11(15)7-3-8(13)10-9(4-7)18-5-19-10/h3-4,6H,5H2,1-2H3,(H,16,17)/t6-/m1/s1. The van der Waals surface area contributed by atoms with Crippen LogP contribution in [-0.4, -0.2) is 41.8 Å². The molecule has 0 aromatic heterocycles. The number of halogens is 1. The number of likely N-dealkylation sites (N-methyl/N-ethyl adjacent to an activating group) is 1. The van der Waals surface area contributed by atoms with Crippen LogP contribution in [0, 0.1) is 0 Å². The normalized spacial score (nSPS) is 14.1. The highest BCUT2D eigenvalue weighted by Gasteiger charge is 2.26. The number of carbonyl (C=O) groups is 2. The first-order valence-electron chi connectivity index (χ1n) is 5.51. The fourth-order valence-corrected chi connectivity index (χ4v) is 2.19. The molecule has 1 aromatic carbocycles. The van der Waals surface area contributed by atoms with Crippen LogP contribution >= 0.6 is 15.9 Å². The molecule has 2 rings (SSSR count). The van der Waals surface area contributed by atoms with Crippen molar-refractivity contribution in [3.8, 4) is 11.5 Å². The number of carboxylic acid groups (broad SMARTS) is 1. The summed E-state index contributed by atoms with van der Waals surface area (Å²) < 4.78 is 11.0. The first-order valence-corrected chi connectivity index (χ1v) is 6.30. The van der Waals surface area contributed by atoms with Crippen molar-refractivity contribution in [3.05, 3.63) is 22.2 Å². The van der Waals surface area contributed by atoms with Crippen molar-refractivity contribution in [2.24, 2.45) is 0 Å². The van der Waals surface area contributed by atoms with Crippen molar-refractivity contribution in [2.75, 3.05) is 13.8 Å². The minimum absolute atomic E-state index is 0.104. The Bertz CT molecular complexity index is 545. The largest absolute Gasteiger partial charge is 0.480 e. The molecular formula is C12H12BrNO5. The van der Waals surface area contributed by atoms with E-state index in [0.717, 1.165) is 4.90 Å². The summed E-state index contributed by atoms with van der Waals surface area (Å²) in [6, 6.07) is 2.22. The zero-order chi connectivity index (χ0) is 14.2. The number of carboxylic acids is 1. The average Bonchev–Trinajstić information content (AvgIpc) is 2.84. The van der Waals surface area contributed by atoms with E-state index in [2.05, 4.69) is 15.9 Å². The summed E-state index contributed by atoms with van der Waals surface area (Å²) in [7, 11) is 1.44. The van der Waals surface area contributed by atoms with Crippen LogP contribution in [0.15, 0.2) is 16.6 Å². The fraction of sp³-hybridized carbons (Fsp3) is 0.333. The maximum absolute atomic E-state index is 12.2. The molecule has 0 bridgehead atoms. The first-order chi connectivity index (χ1) is 8.91. The number of hydrogen-bond acceptors (Lipinski definition) is 4. The molecule has 102 valence electrons. The molecule has 7 heteroatoms. The Hall–Kier alpha value is -1.76. The van der Waals surface area contributed by atoms with Gasteiger partial charge in [0.2, 0.25) is 6.79 Å². The van der Waals surface area contributed by atoms with Gasteiger partial charge in [0.05, 0.1) is 4.47 Å². The molecule has 1 aromatic rings. The molecule has 0 saturated heterocycles. The Morgan fingerprint density at radius 2 is 2.11 bits per heavy atom. The lowest BCUT2D eigenvalue weighted by atomic mass is 10.1. The van der Waals surface area contributed by atoms with E-state index in [1.54, 1.807) is 12.1 Å². The van der Waals surface area contributed by atoms with E-state index >= 15 is 0 Å². The zero-order valence-corrected chi connectivity index (χ0v) is 11.9. The van der Waals surface area contributed by atoms with E-state index in [1.165, 1.54) is 14.0 Å². The highest BCUT2D eigenvalue weighted by molar-refractivity contribution is 9.10. The Balaban J connectivity index is 2.30. The maximum Gasteiger partial charge on any atom is 0.326 e. The van der Waals surface area contributed by atoms with Crippen LogP contribution in [0.3, 0.4) is 0 Å². The van der Waals surface area contributed by atoms with Crippen molar-refractivity contribution in [2.45, 2.75) is 13.0 Å². The monoisotopic (exact) mass is 329 g/mol. The van der Waals surface area contributed by atoms with Crippen LogP contribution in [0.4, 0.5) is 0 Å². The summed E-state index contributed by atoms with van der Waals surface area (Å²) in [6.45, 7) is 1.55. The highest BCUT2D eigenvalue weighted by atomic mass is 79.9. The van der Waals surface area contributed by atoms with Crippen LogP contribution in [0.1, 0.15) is 17.3 Å². The molecule has 0 radical (unpaired) electrons. The second kappa shape index (κ2) is 5.08. The van der Waals surface area contributed by atoms with Gasteiger partial charge in [0.25, 0.3) is 5.91 Å². The summed E-state index contributed by atoms with van der Waals surface area (Å²) in [5.74, 6) is -0.441. The Morgan fingerprint density at radius 1 is 1.42 bits per heavy atom. The number of fused-ring (bicyclic) bond motifs is 1. The Labute approximate surface area is 118 Å². The lowest BCUT2D eigenvalue weighted by Gasteiger charge is -2.21. The summed E-state index contributed by atoms with van der Waals surface area (Å²) in [5.41, 5.74) is 0.340. The summed E-state index contributed by atoms with van der Waals surface area (Å²) in [5, 5.41) is 8.91. The molecule has 6 nitrogen and oxygen atoms in total. The second-order valence-electron chi connectivity index (χ2n) is 4.12. The molecule has 1 atom stereocenters. The van der Waals surface area contributed by atoms with Crippen molar-refractivity contribution in [3.63, 3.8) is 0 Å². The average molecular weight is 330 g/mol. The molecule has 0 fully saturated rings. The van der Waals surface area contributed by atoms with Gasteiger partial charge in [-0.2, -0.15) is 0 Å². The van der Waals surface area contributed by atoms with Crippen LogP contribution in [0.5, 0.6) is 11.5 Å². The van der Waals surface area contributed by atoms with E-state index in [0.29, 0.717) is 21.5 Å². The number of hydrogen-bond donors (Lipinski definition) is 1. The number of carbonyl (C=O) groups excluding carboxylic acids is 1. The predicted octanol–water partition coefficient (Wildman–Crippen LogP) is 1.72. The third-order valence-corrected chi connectivity index (χ3v) is 3.52.